The number of hydrogen-bond acceptors (Lipinski definition) is 2. The van der Waals surface area contributed by atoms with Crippen LogP contribution in [0.4, 0.5) is 10.1 Å². The highest BCUT2D eigenvalue weighted by Gasteiger charge is 2.13. The first-order valence-electron chi connectivity index (χ1n) is 5.05. The normalized spacial score (nSPS) is 10.3. The summed E-state index contributed by atoms with van der Waals surface area (Å²) < 4.78 is 14.3. The van der Waals surface area contributed by atoms with Crippen LogP contribution >= 0.6 is 43.5 Å². The Morgan fingerprint density at radius 2 is 2.05 bits per heavy atom. The molecule has 98 valence electrons. The third-order valence-corrected chi connectivity index (χ3v) is 3.65. The number of benzene rings is 1. The second kappa shape index (κ2) is 5.98. The number of pyridine rings is 1. The van der Waals surface area contributed by atoms with Crippen molar-refractivity contribution in [2.75, 3.05) is 5.32 Å². The predicted molar refractivity (Wildman–Crippen MR) is 79.0 cm³/mol. The Morgan fingerprint density at radius 3 is 2.79 bits per heavy atom. The van der Waals surface area contributed by atoms with Crippen LogP contribution in [0.3, 0.4) is 0 Å². The smallest absolute Gasteiger partial charge is 0.256 e. The quantitative estimate of drug-likeness (QED) is 0.735. The maximum absolute atomic E-state index is 13.1. The van der Waals surface area contributed by atoms with Gasteiger partial charge in [0.05, 0.1) is 11.3 Å². The van der Waals surface area contributed by atoms with Gasteiger partial charge in [-0.25, -0.2) is 9.37 Å². The summed E-state index contributed by atoms with van der Waals surface area (Å²) in [6, 6.07) is 5.47. The Balaban J connectivity index is 2.30. The Bertz CT molecular complexity index is 652. The van der Waals surface area contributed by atoms with Crippen molar-refractivity contribution in [3.05, 3.63) is 55.9 Å². The molecule has 0 bridgehead atoms. The van der Waals surface area contributed by atoms with Crippen LogP contribution in [0.5, 0.6) is 0 Å². The molecule has 2 rings (SSSR count). The average Bonchev–Trinajstić information content (AvgIpc) is 2.36. The average molecular weight is 408 g/mol. The van der Waals surface area contributed by atoms with E-state index in [1.165, 1.54) is 18.3 Å². The zero-order chi connectivity index (χ0) is 14.0. The van der Waals surface area contributed by atoms with Gasteiger partial charge >= 0.3 is 0 Å². The van der Waals surface area contributed by atoms with Crippen molar-refractivity contribution in [2.24, 2.45) is 0 Å². The van der Waals surface area contributed by atoms with Gasteiger partial charge in [0, 0.05) is 15.1 Å². The molecule has 0 spiro atoms. The van der Waals surface area contributed by atoms with Gasteiger partial charge in [0.25, 0.3) is 5.91 Å². The molecular weight excluding hydrogens is 402 g/mol. The Kier molecular flexibility index (Phi) is 4.54. The molecule has 0 aliphatic heterocycles. The highest BCUT2D eigenvalue weighted by molar-refractivity contribution is 9.10. The summed E-state index contributed by atoms with van der Waals surface area (Å²) in [5.74, 6) is -0.972. The monoisotopic (exact) mass is 406 g/mol. The summed E-state index contributed by atoms with van der Waals surface area (Å²) in [6.07, 6.45) is 1.51. The lowest BCUT2D eigenvalue weighted by Crippen LogP contribution is -2.13. The molecule has 3 nitrogen and oxygen atoms in total. The Morgan fingerprint density at radius 1 is 1.32 bits per heavy atom. The molecule has 0 unspecified atom stereocenters. The van der Waals surface area contributed by atoms with Crippen LogP contribution in [0.15, 0.2) is 39.4 Å². The van der Waals surface area contributed by atoms with Gasteiger partial charge in [-0.15, -0.1) is 0 Å². The van der Waals surface area contributed by atoms with Crippen molar-refractivity contribution in [1.82, 2.24) is 4.98 Å². The third-order valence-electron chi connectivity index (χ3n) is 2.23. The molecule has 0 aliphatic rings. The molecule has 1 aromatic carbocycles. The predicted octanol–water partition coefficient (Wildman–Crippen LogP) is 4.65. The minimum atomic E-state index is -0.494. The van der Waals surface area contributed by atoms with Crippen molar-refractivity contribution < 1.29 is 9.18 Å². The topological polar surface area (TPSA) is 42.0 Å². The van der Waals surface area contributed by atoms with Gasteiger partial charge in [-0.3, -0.25) is 4.79 Å². The molecule has 1 N–H and O–H groups in total. The van der Waals surface area contributed by atoms with E-state index < -0.39 is 11.7 Å². The first kappa shape index (κ1) is 14.4. The van der Waals surface area contributed by atoms with E-state index in [1.54, 1.807) is 6.07 Å². The summed E-state index contributed by atoms with van der Waals surface area (Å²) in [5, 5.41) is 2.73. The van der Waals surface area contributed by atoms with E-state index in [-0.39, 0.29) is 10.7 Å². The number of anilines is 1. The van der Waals surface area contributed by atoms with Gasteiger partial charge in [-0.05, 0) is 56.1 Å². The number of hydrogen-bond donors (Lipinski definition) is 1. The number of rotatable bonds is 2. The fourth-order valence-corrected chi connectivity index (χ4v) is 2.28. The number of carbonyl (C=O) groups is 1. The lowest BCUT2D eigenvalue weighted by molar-refractivity contribution is 0.102. The van der Waals surface area contributed by atoms with E-state index in [1.807, 2.05) is 0 Å². The summed E-state index contributed by atoms with van der Waals surface area (Å²) in [4.78, 5) is 15.9. The van der Waals surface area contributed by atoms with Crippen LogP contribution < -0.4 is 5.32 Å². The first-order valence-corrected chi connectivity index (χ1v) is 7.01. The van der Waals surface area contributed by atoms with Crippen LogP contribution in [-0.4, -0.2) is 10.9 Å². The standard InChI is InChI=1S/C12H6Br2ClFN2O/c13-6-3-10(11(15)17-5-6)18-12(19)8-4-7(16)1-2-9(8)14/h1-5H,(H,18,19). The molecule has 19 heavy (non-hydrogen) atoms. The highest BCUT2D eigenvalue weighted by atomic mass is 79.9. The SMILES string of the molecule is O=C(Nc1cc(Br)cnc1Cl)c1cc(F)ccc1Br. The molecule has 0 saturated heterocycles. The van der Waals surface area contributed by atoms with E-state index in [4.69, 9.17) is 11.6 Å². The van der Waals surface area contributed by atoms with Gasteiger partial charge in [0.1, 0.15) is 5.82 Å². The zero-order valence-electron chi connectivity index (χ0n) is 9.25. The second-order valence-corrected chi connectivity index (χ2v) is 5.70. The second-order valence-electron chi connectivity index (χ2n) is 3.57. The van der Waals surface area contributed by atoms with Crippen LogP contribution in [0.2, 0.25) is 5.15 Å². The molecule has 1 amide bonds. The molecule has 1 aromatic heterocycles. The molecule has 0 atom stereocenters. The van der Waals surface area contributed by atoms with Gasteiger partial charge in [-0.2, -0.15) is 0 Å². The lowest BCUT2D eigenvalue weighted by Gasteiger charge is -2.08. The molecule has 0 saturated carbocycles. The minimum absolute atomic E-state index is 0.157. The van der Waals surface area contributed by atoms with Gasteiger partial charge in [0.15, 0.2) is 5.15 Å². The maximum atomic E-state index is 13.1. The van der Waals surface area contributed by atoms with Gasteiger partial charge < -0.3 is 5.32 Å². The van der Waals surface area contributed by atoms with Crippen LogP contribution in [0.25, 0.3) is 0 Å². The van der Waals surface area contributed by atoms with Crippen LogP contribution in [-0.2, 0) is 0 Å². The van der Waals surface area contributed by atoms with Crippen LogP contribution in [0.1, 0.15) is 10.4 Å². The largest absolute Gasteiger partial charge is 0.319 e. The molecule has 0 aliphatic carbocycles. The number of amides is 1. The number of aromatic nitrogens is 1. The Hall–Kier alpha value is -0.980. The van der Waals surface area contributed by atoms with Crippen molar-refractivity contribution in [3.8, 4) is 0 Å². The molecule has 0 fully saturated rings. The van der Waals surface area contributed by atoms with Crippen LogP contribution in [0, 0.1) is 5.82 Å². The summed E-state index contributed by atoms with van der Waals surface area (Å²) in [7, 11) is 0. The minimum Gasteiger partial charge on any atom is -0.319 e. The highest BCUT2D eigenvalue weighted by Crippen LogP contribution is 2.25. The van der Waals surface area contributed by atoms with E-state index in [0.29, 0.717) is 14.6 Å². The lowest BCUT2D eigenvalue weighted by atomic mass is 10.2. The molecule has 2 aromatic rings. The maximum Gasteiger partial charge on any atom is 0.256 e. The summed E-state index contributed by atoms with van der Waals surface area (Å²) >= 11 is 12.3. The summed E-state index contributed by atoms with van der Waals surface area (Å²) in [5.41, 5.74) is 0.522. The van der Waals surface area contributed by atoms with E-state index in [0.717, 1.165) is 6.07 Å². The van der Waals surface area contributed by atoms with Gasteiger partial charge in [-0.1, -0.05) is 11.6 Å². The van der Waals surface area contributed by atoms with Crippen molar-refractivity contribution >= 4 is 55.1 Å². The third kappa shape index (κ3) is 3.52. The van der Waals surface area contributed by atoms with E-state index in [9.17, 15) is 9.18 Å². The zero-order valence-corrected chi connectivity index (χ0v) is 13.2. The molecule has 7 heteroatoms. The first-order chi connectivity index (χ1) is 8.97. The molecule has 1 heterocycles. The van der Waals surface area contributed by atoms with E-state index in [2.05, 4.69) is 42.2 Å². The number of halogens is 4. The van der Waals surface area contributed by atoms with E-state index >= 15 is 0 Å². The fraction of sp³-hybridized carbons (Fsp3) is 0. The number of carbonyl (C=O) groups excluding carboxylic acids is 1. The van der Waals surface area contributed by atoms with Crippen molar-refractivity contribution in [1.29, 1.82) is 0 Å². The Labute approximate surface area is 130 Å². The summed E-state index contributed by atoms with van der Waals surface area (Å²) in [6.45, 7) is 0. The number of nitrogens with one attached hydrogen (secondary N) is 1. The number of nitrogens with zero attached hydrogens (tertiary/aromatic N) is 1. The molecular formula is C12H6Br2ClFN2O. The molecule has 0 radical (unpaired) electrons. The fourth-order valence-electron chi connectivity index (χ4n) is 1.37. The van der Waals surface area contributed by atoms with Crippen molar-refractivity contribution in [3.63, 3.8) is 0 Å². The van der Waals surface area contributed by atoms with Crippen molar-refractivity contribution in [2.45, 2.75) is 0 Å². The van der Waals surface area contributed by atoms with Gasteiger partial charge in [0.2, 0.25) is 0 Å².